The van der Waals surface area contributed by atoms with Crippen LogP contribution in [0.25, 0.3) is 0 Å². The summed E-state index contributed by atoms with van der Waals surface area (Å²) >= 11 is 0. The van der Waals surface area contributed by atoms with Gasteiger partial charge in [0.2, 0.25) is 0 Å². The van der Waals surface area contributed by atoms with Crippen molar-refractivity contribution < 1.29 is 13.5 Å². The fourth-order valence-corrected chi connectivity index (χ4v) is 6.92. The predicted molar refractivity (Wildman–Crippen MR) is 127 cm³/mol. The molecule has 0 spiro atoms. The molecule has 2 aromatic rings. The van der Waals surface area contributed by atoms with E-state index in [2.05, 4.69) is 20.5 Å². The second-order valence-electron chi connectivity index (χ2n) is 9.66. The summed E-state index contributed by atoms with van der Waals surface area (Å²) in [5, 5.41) is 17.2. The highest BCUT2D eigenvalue weighted by Crippen LogP contribution is 2.35. The van der Waals surface area contributed by atoms with Crippen LogP contribution in [0.15, 0.2) is 22.9 Å². The van der Waals surface area contributed by atoms with E-state index in [9.17, 15) is 13.5 Å². The Kier molecular flexibility index (Phi) is 5.95. The van der Waals surface area contributed by atoms with Gasteiger partial charge in [-0.15, -0.1) is 0 Å². The molecular formula is C24H32N5O3S-. The first-order valence-corrected chi connectivity index (χ1v) is 13.3. The average molecular weight is 471 g/mol. The first-order valence-electron chi connectivity index (χ1n) is 11.9. The second-order valence-corrected chi connectivity index (χ2v) is 11.2. The van der Waals surface area contributed by atoms with Gasteiger partial charge in [-0.2, -0.15) is 17.9 Å². The number of likely N-dealkylation sites (N-methyl/N-ethyl adjacent to an activating group) is 1. The zero-order valence-electron chi connectivity index (χ0n) is 19.5. The Morgan fingerprint density at radius 2 is 1.85 bits per heavy atom. The van der Waals surface area contributed by atoms with Crippen molar-refractivity contribution >= 4 is 21.8 Å². The third-order valence-corrected chi connectivity index (χ3v) is 8.80. The van der Waals surface area contributed by atoms with Gasteiger partial charge in [-0.05, 0) is 98.7 Å². The molecule has 178 valence electrons. The maximum Gasteiger partial charge on any atom is 0.343 e. The summed E-state index contributed by atoms with van der Waals surface area (Å²) in [7, 11) is -0.442. The third kappa shape index (κ3) is 4.40. The Bertz CT molecular complexity index is 1150. The molecule has 8 nitrogen and oxygen atoms in total. The van der Waals surface area contributed by atoms with Crippen molar-refractivity contribution in [1.29, 1.82) is 0 Å². The fourth-order valence-electron chi connectivity index (χ4n) is 5.78. The highest BCUT2D eigenvalue weighted by Gasteiger charge is 2.31. The van der Waals surface area contributed by atoms with Crippen LogP contribution in [0.2, 0.25) is 0 Å². The molecule has 1 aromatic carbocycles. The van der Waals surface area contributed by atoms with Crippen LogP contribution in [0, 0.1) is 0 Å². The van der Waals surface area contributed by atoms with Crippen molar-refractivity contribution in [2.45, 2.75) is 63.8 Å². The molecule has 0 bridgehead atoms. The first-order chi connectivity index (χ1) is 15.8. The molecule has 0 unspecified atom stereocenters. The number of fused-ring (bicyclic) bond motifs is 2. The Labute approximate surface area is 196 Å². The molecule has 0 amide bonds. The molecule has 33 heavy (non-hydrogen) atoms. The lowest BCUT2D eigenvalue weighted by Gasteiger charge is -2.28. The number of aryl methyl sites for hydroxylation is 3. The van der Waals surface area contributed by atoms with Crippen molar-refractivity contribution in [2.75, 3.05) is 24.4 Å². The van der Waals surface area contributed by atoms with Crippen LogP contribution in [0.5, 0.6) is 0 Å². The zero-order valence-corrected chi connectivity index (χ0v) is 20.3. The topological polar surface area (TPSA) is 93.9 Å². The number of hydrogen-bond acceptors (Lipinski definition) is 5. The van der Waals surface area contributed by atoms with Gasteiger partial charge < -0.3 is 10.0 Å². The van der Waals surface area contributed by atoms with Gasteiger partial charge in [-0.3, -0.25) is 4.68 Å². The van der Waals surface area contributed by atoms with Crippen molar-refractivity contribution in [1.82, 2.24) is 14.7 Å². The third-order valence-electron chi connectivity index (χ3n) is 7.45. The van der Waals surface area contributed by atoms with Crippen LogP contribution in [0.4, 0.5) is 5.69 Å². The Hall–Kier alpha value is -2.39. The molecule has 1 saturated heterocycles. The van der Waals surface area contributed by atoms with Gasteiger partial charge in [0.25, 0.3) is 0 Å². The minimum atomic E-state index is -4.19. The summed E-state index contributed by atoms with van der Waals surface area (Å²) in [5.41, 5.74) is 6.67. The van der Waals surface area contributed by atoms with Gasteiger partial charge in [-0.25, -0.2) is 4.31 Å². The van der Waals surface area contributed by atoms with Crippen LogP contribution in [-0.4, -0.2) is 55.2 Å². The van der Waals surface area contributed by atoms with E-state index in [4.69, 9.17) is 0 Å². The van der Waals surface area contributed by atoms with Gasteiger partial charge in [0.15, 0.2) is 0 Å². The summed E-state index contributed by atoms with van der Waals surface area (Å²) in [5.74, 6) is -0.585. The molecule has 9 heteroatoms. The molecule has 0 N–H and O–H groups in total. The van der Waals surface area contributed by atoms with Gasteiger partial charge in [0.05, 0.1) is 18.4 Å². The monoisotopic (exact) mass is 470 g/mol. The average Bonchev–Trinajstić information content (AvgIpc) is 3.53. The maximum absolute atomic E-state index is 13.4. The molecule has 5 rings (SSSR count). The van der Waals surface area contributed by atoms with E-state index in [1.807, 2.05) is 7.05 Å². The van der Waals surface area contributed by atoms with Crippen LogP contribution in [0.3, 0.4) is 0 Å². The number of aromatic nitrogens is 2. The van der Waals surface area contributed by atoms with Crippen molar-refractivity contribution in [3.63, 3.8) is 0 Å². The lowest BCUT2D eigenvalue weighted by atomic mass is 9.92. The zero-order chi connectivity index (χ0) is 23.2. The highest BCUT2D eigenvalue weighted by atomic mass is 32.2. The van der Waals surface area contributed by atoms with Crippen LogP contribution in [0.1, 0.15) is 53.5 Å². The predicted octanol–water partition coefficient (Wildman–Crippen LogP) is 1.54. The molecule has 2 aliphatic carbocycles. The van der Waals surface area contributed by atoms with Crippen molar-refractivity contribution in [3.05, 3.63) is 46.3 Å². The van der Waals surface area contributed by atoms with E-state index in [0.29, 0.717) is 5.69 Å². The van der Waals surface area contributed by atoms with Gasteiger partial charge in [0, 0.05) is 25.7 Å². The Balaban J connectivity index is 1.45. The minimum Gasteiger partial charge on any atom is -0.861 e. The van der Waals surface area contributed by atoms with E-state index < -0.39 is 16.1 Å². The quantitative estimate of drug-likeness (QED) is 0.452. The van der Waals surface area contributed by atoms with Crippen molar-refractivity contribution in [3.8, 4) is 0 Å². The summed E-state index contributed by atoms with van der Waals surface area (Å²) in [6.45, 7) is 1.20. The molecule has 0 radical (unpaired) electrons. The number of anilines is 1. The smallest absolute Gasteiger partial charge is 0.343 e. The van der Waals surface area contributed by atoms with Crippen molar-refractivity contribution in [2.24, 2.45) is 11.4 Å². The number of benzene rings is 1. The van der Waals surface area contributed by atoms with E-state index in [-0.39, 0.29) is 19.0 Å². The molecule has 1 fully saturated rings. The lowest BCUT2D eigenvalue weighted by molar-refractivity contribution is -0.217. The number of rotatable bonds is 7. The summed E-state index contributed by atoms with van der Waals surface area (Å²) in [6.07, 6.45) is 11.4. The van der Waals surface area contributed by atoms with Crippen LogP contribution < -0.4 is 9.41 Å². The van der Waals surface area contributed by atoms with E-state index >= 15 is 0 Å². The largest absolute Gasteiger partial charge is 0.861 e. The molecular weight excluding hydrogens is 438 g/mol. The second kappa shape index (κ2) is 8.76. The summed E-state index contributed by atoms with van der Waals surface area (Å²) < 4.78 is 33.4. The number of likely N-dealkylation sites (tertiary alicyclic amines) is 1. The molecule has 1 atom stereocenters. The number of hydrogen-bond donors (Lipinski definition) is 0. The summed E-state index contributed by atoms with van der Waals surface area (Å²) in [6, 6.07) is 2.40. The minimum absolute atomic E-state index is 0.0644. The lowest BCUT2D eigenvalue weighted by Crippen LogP contribution is -2.42. The van der Waals surface area contributed by atoms with E-state index in [1.54, 1.807) is 17.9 Å². The maximum atomic E-state index is 13.4. The highest BCUT2D eigenvalue weighted by molar-refractivity contribution is 7.91. The molecule has 2 heterocycles. The first kappa shape index (κ1) is 22.4. The molecule has 3 aliphatic rings. The van der Waals surface area contributed by atoms with Gasteiger partial charge in [-0.1, -0.05) is 6.07 Å². The standard InChI is InChI=1S/C24H33N5O3S/c1-27-11-5-8-19(27)16-29(20-14-25-28(2)15-20)33(31,32)26-24(30)13-23-21-9-3-6-17(21)12-18-7-4-10-22(18)23/h12,14-15,19H,3-11,13,16H2,1-2H3,(H,26,30)/p-1/t19-/m0/s1. The molecule has 1 aromatic heterocycles. The number of nitrogens with zero attached hydrogens (tertiary/aromatic N) is 5. The fraction of sp³-hybridized carbons (Fsp3) is 0.583. The molecule has 1 aliphatic heterocycles. The van der Waals surface area contributed by atoms with Gasteiger partial charge in [0.1, 0.15) is 0 Å². The SMILES string of the molecule is CN1CCC[C@H]1CN(c1cnn(C)c1)S(=O)(=O)/N=C(\[O-])Cc1c2c(cc3c1CCC3)CCC2. The summed E-state index contributed by atoms with van der Waals surface area (Å²) in [4.78, 5) is 2.16. The van der Waals surface area contributed by atoms with Gasteiger partial charge >= 0.3 is 10.2 Å². The van der Waals surface area contributed by atoms with E-state index in [1.165, 1.54) is 32.8 Å². The Morgan fingerprint density at radius 3 is 2.42 bits per heavy atom. The van der Waals surface area contributed by atoms with E-state index in [0.717, 1.165) is 63.5 Å². The van der Waals surface area contributed by atoms with Crippen LogP contribution >= 0.6 is 0 Å². The van der Waals surface area contributed by atoms with Crippen LogP contribution in [-0.2, 0) is 49.4 Å². The molecule has 0 saturated carbocycles. The Morgan fingerprint density at radius 1 is 1.15 bits per heavy atom. The normalized spacial score (nSPS) is 20.9.